The number of nitrogens with zero attached hydrogens (tertiary/aromatic N) is 1. The van der Waals surface area contributed by atoms with Crippen molar-refractivity contribution in [1.29, 1.82) is 0 Å². The third-order valence-electron chi connectivity index (χ3n) is 3.24. The molecule has 1 aromatic heterocycles. The molecule has 24 heavy (non-hydrogen) atoms. The Morgan fingerprint density at radius 1 is 1.12 bits per heavy atom. The molecule has 3 aromatic rings. The summed E-state index contributed by atoms with van der Waals surface area (Å²) in [4.78, 5) is 15.5. The van der Waals surface area contributed by atoms with Crippen LogP contribution in [0, 0.1) is 0 Å². The number of rotatable bonds is 5. The molecule has 0 aliphatic carbocycles. The van der Waals surface area contributed by atoms with E-state index in [1.54, 1.807) is 12.1 Å². The van der Waals surface area contributed by atoms with Gasteiger partial charge in [0.25, 0.3) is 0 Å². The number of sulfonamides is 1. The Hall–Kier alpha value is -2.97. The minimum atomic E-state index is -3.74. The number of anilines is 1. The number of hydrogen-bond donors (Lipinski definition) is 2. The van der Waals surface area contributed by atoms with Crippen LogP contribution < -0.4 is 10.5 Å². The number of primary sulfonamides is 1. The van der Waals surface area contributed by atoms with Crippen LogP contribution >= 0.6 is 0 Å². The highest BCUT2D eigenvalue weighted by atomic mass is 32.2. The fourth-order valence-electron chi connectivity index (χ4n) is 2.04. The molecule has 0 saturated carbocycles. The van der Waals surface area contributed by atoms with Crippen molar-refractivity contribution in [2.75, 3.05) is 5.32 Å². The molecule has 0 bridgehead atoms. The molecule has 122 valence electrons. The highest BCUT2D eigenvalue weighted by Crippen LogP contribution is 2.20. The normalized spacial score (nSPS) is 12.3. The fraction of sp³-hybridized carbons (Fsp3) is 0. The maximum atomic E-state index is 11.3. The summed E-state index contributed by atoms with van der Waals surface area (Å²) in [5.74, 6) is 0.194. The smallest absolute Gasteiger partial charge is 0.238 e. The van der Waals surface area contributed by atoms with Crippen LogP contribution in [0.15, 0.2) is 64.0 Å². The zero-order valence-electron chi connectivity index (χ0n) is 12.3. The topological polar surface area (TPSA) is 115 Å². The molecule has 0 unspecified atom stereocenters. The van der Waals surface area contributed by atoms with Crippen molar-refractivity contribution in [3.8, 4) is 0 Å². The number of carbonyl (C=O) groups is 1. The van der Waals surface area contributed by atoms with Gasteiger partial charge in [0.1, 0.15) is 5.52 Å². The first kappa shape index (κ1) is 15.9. The van der Waals surface area contributed by atoms with Crippen molar-refractivity contribution in [2.45, 2.75) is 4.90 Å². The average molecular weight is 343 g/mol. The van der Waals surface area contributed by atoms with E-state index in [1.165, 1.54) is 30.5 Å². The van der Waals surface area contributed by atoms with E-state index in [1.807, 2.05) is 12.1 Å². The molecule has 0 aliphatic rings. The number of oxazole rings is 1. The zero-order chi connectivity index (χ0) is 17.2. The van der Waals surface area contributed by atoms with Crippen LogP contribution in [-0.2, 0) is 14.8 Å². The maximum Gasteiger partial charge on any atom is 0.238 e. The molecule has 8 heteroatoms. The molecule has 0 saturated heterocycles. The van der Waals surface area contributed by atoms with Gasteiger partial charge >= 0.3 is 0 Å². The highest BCUT2D eigenvalue weighted by Gasteiger charge is 2.10. The first-order chi connectivity index (χ1) is 11.5. The van der Waals surface area contributed by atoms with Crippen LogP contribution in [0.25, 0.3) is 16.7 Å². The molecular formula is C16H13N3O4S. The maximum absolute atomic E-state index is 11.3. The van der Waals surface area contributed by atoms with Gasteiger partial charge in [0.2, 0.25) is 15.9 Å². The SMILES string of the molecule is NS(=O)(=O)c1ccc(NC=C(C=O)c2nc3ccccc3o2)cc1. The second-order valence-corrected chi connectivity index (χ2v) is 6.48. The highest BCUT2D eigenvalue weighted by molar-refractivity contribution is 7.89. The third kappa shape index (κ3) is 3.34. The van der Waals surface area contributed by atoms with Gasteiger partial charge in [0, 0.05) is 11.9 Å². The van der Waals surface area contributed by atoms with E-state index in [0.29, 0.717) is 23.1 Å². The lowest BCUT2D eigenvalue weighted by molar-refractivity contribution is -0.103. The Morgan fingerprint density at radius 3 is 2.46 bits per heavy atom. The first-order valence-electron chi connectivity index (χ1n) is 6.88. The van der Waals surface area contributed by atoms with Gasteiger partial charge in [-0.3, -0.25) is 4.79 Å². The van der Waals surface area contributed by atoms with Gasteiger partial charge in [-0.1, -0.05) is 12.1 Å². The van der Waals surface area contributed by atoms with Gasteiger partial charge < -0.3 is 9.73 Å². The molecule has 2 aromatic carbocycles. The summed E-state index contributed by atoms with van der Waals surface area (Å²) in [6.07, 6.45) is 2.06. The number of allylic oxidation sites excluding steroid dienone is 1. The Bertz CT molecular complexity index is 988. The lowest BCUT2D eigenvalue weighted by Crippen LogP contribution is -2.11. The Kier molecular flexibility index (Phi) is 4.15. The molecule has 3 N–H and O–H groups in total. The second-order valence-electron chi connectivity index (χ2n) is 4.92. The van der Waals surface area contributed by atoms with Crippen molar-refractivity contribution >= 4 is 38.7 Å². The number of benzene rings is 2. The largest absolute Gasteiger partial charge is 0.436 e. The number of fused-ring (bicyclic) bond motifs is 1. The Balaban J connectivity index is 1.84. The van der Waals surface area contributed by atoms with Crippen LogP contribution in [0.1, 0.15) is 5.89 Å². The minimum Gasteiger partial charge on any atom is -0.436 e. The number of aromatic nitrogens is 1. The van der Waals surface area contributed by atoms with E-state index in [4.69, 9.17) is 9.56 Å². The van der Waals surface area contributed by atoms with E-state index in [-0.39, 0.29) is 16.4 Å². The van der Waals surface area contributed by atoms with E-state index in [0.717, 1.165) is 0 Å². The molecule has 0 radical (unpaired) electrons. The predicted molar refractivity (Wildman–Crippen MR) is 89.5 cm³/mol. The Morgan fingerprint density at radius 2 is 1.83 bits per heavy atom. The molecule has 7 nitrogen and oxygen atoms in total. The van der Waals surface area contributed by atoms with E-state index >= 15 is 0 Å². The van der Waals surface area contributed by atoms with Crippen LogP contribution in [0.3, 0.4) is 0 Å². The molecule has 1 heterocycles. The summed E-state index contributed by atoms with van der Waals surface area (Å²) < 4.78 is 27.9. The van der Waals surface area contributed by atoms with Crippen LogP contribution in [0.4, 0.5) is 5.69 Å². The third-order valence-corrected chi connectivity index (χ3v) is 4.17. The molecule has 3 rings (SSSR count). The van der Waals surface area contributed by atoms with Gasteiger partial charge in [-0.05, 0) is 36.4 Å². The second kappa shape index (κ2) is 6.26. The summed E-state index contributed by atoms with van der Waals surface area (Å²) in [6, 6.07) is 13.0. The lowest BCUT2D eigenvalue weighted by Gasteiger charge is -2.03. The molecule has 0 fully saturated rings. The number of hydrogen-bond acceptors (Lipinski definition) is 6. The van der Waals surface area contributed by atoms with Gasteiger partial charge in [0.05, 0.1) is 10.5 Å². The monoisotopic (exact) mass is 343 g/mol. The van der Waals surface area contributed by atoms with Gasteiger partial charge in [-0.15, -0.1) is 0 Å². The van der Waals surface area contributed by atoms with Crippen molar-refractivity contribution in [3.05, 3.63) is 60.6 Å². The van der Waals surface area contributed by atoms with Crippen molar-refractivity contribution in [3.63, 3.8) is 0 Å². The van der Waals surface area contributed by atoms with Crippen LogP contribution in [0.2, 0.25) is 0 Å². The van der Waals surface area contributed by atoms with Crippen molar-refractivity contribution in [2.24, 2.45) is 5.14 Å². The number of aldehydes is 1. The minimum absolute atomic E-state index is 0.00610. The van der Waals surface area contributed by atoms with Crippen LogP contribution in [0.5, 0.6) is 0 Å². The fourth-order valence-corrected chi connectivity index (χ4v) is 2.56. The molecule has 0 spiro atoms. The molecular weight excluding hydrogens is 330 g/mol. The molecule has 0 amide bonds. The quantitative estimate of drug-likeness (QED) is 0.541. The van der Waals surface area contributed by atoms with Crippen LogP contribution in [-0.4, -0.2) is 19.7 Å². The molecule has 0 aliphatic heterocycles. The number of para-hydroxylation sites is 2. The number of carbonyl (C=O) groups excluding carboxylic acids is 1. The van der Waals surface area contributed by atoms with Gasteiger partial charge in [-0.2, -0.15) is 0 Å². The van der Waals surface area contributed by atoms with Crippen molar-refractivity contribution < 1.29 is 17.6 Å². The summed E-state index contributed by atoms with van der Waals surface area (Å²) in [5.41, 5.74) is 2.04. The number of nitrogens with one attached hydrogen (secondary N) is 1. The summed E-state index contributed by atoms with van der Waals surface area (Å²) in [7, 11) is -3.74. The summed E-state index contributed by atoms with van der Waals surface area (Å²) >= 11 is 0. The summed E-state index contributed by atoms with van der Waals surface area (Å²) in [6.45, 7) is 0. The molecule has 0 atom stereocenters. The van der Waals surface area contributed by atoms with Gasteiger partial charge in [-0.25, -0.2) is 18.5 Å². The van der Waals surface area contributed by atoms with E-state index in [9.17, 15) is 13.2 Å². The average Bonchev–Trinajstić information content (AvgIpc) is 2.99. The van der Waals surface area contributed by atoms with Crippen molar-refractivity contribution in [1.82, 2.24) is 4.98 Å². The first-order valence-corrected chi connectivity index (χ1v) is 8.43. The zero-order valence-corrected chi connectivity index (χ0v) is 13.2. The number of nitrogens with two attached hydrogens (primary N) is 1. The lowest BCUT2D eigenvalue weighted by atomic mass is 10.3. The standard InChI is InChI=1S/C16H13N3O4S/c17-24(21,22)13-7-5-12(6-8-13)18-9-11(10-20)16-19-14-3-1-2-4-15(14)23-16/h1-10,18H,(H2,17,21,22). The Labute approximate surface area is 137 Å². The van der Waals surface area contributed by atoms with Gasteiger partial charge in [0.15, 0.2) is 11.9 Å². The predicted octanol–water partition coefficient (Wildman–Crippen LogP) is 2.13. The van der Waals surface area contributed by atoms with E-state index in [2.05, 4.69) is 10.3 Å². The van der Waals surface area contributed by atoms with E-state index < -0.39 is 10.0 Å². The summed E-state index contributed by atoms with van der Waals surface area (Å²) in [5, 5.41) is 7.92.